The average Bonchev–Trinajstić information content (AvgIpc) is 4.50. The SMILES string of the molecule is CC(=O)Oc1c2c(c(OCCOCCNC(=O)c3ccc(C(=O)N/C(N)=N/C(=O)OCc4ccccc4)[nH]3)c3c1[C@H]1C[C@@H]3c3cc4c(cc31)[C@H]1C[C@@H]4c3ccccc31)[C@H]1C[C@@H]2c2cc3c(cc21)[C@H]1C[C@@H]3c2ccccc21. The molecule has 1 heterocycles. The Labute approximate surface area is 438 Å². The molecule has 15 rings (SSSR count). The zero-order valence-corrected chi connectivity index (χ0v) is 41.7. The molecule has 5 N–H and O–H groups in total. The fourth-order valence-corrected chi connectivity index (χ4v) is 15.2. The van der Waals surface area contributed by atoms with Crippen LogP contribution < -0.4 is 25.8 Å². The zero-order valence-electron chi connectivity index (χ0n) is 41.7. The predicted octanol–water partition coefficient (Wildman–Crippen LogP) is 10.1. The van der Waals surface area contributed by atoms with Crippen LogP contribution in [0.4, 0.5) is 4.79 Å². The minimum absolute atomic E-state index is 0.000395. The van der Waals surface area contributed by atoms with Crippen LogP contribution in [0.25, 0.3) is 0 Å². The summed E-state index contributed by atoms with van der Waals surface area (Å²) in [5.41, 5.74) is 28.6. The van der Waals surface area contributed by atoms with E-state index in [1.165, 1.54) is 96.9 Å². The van der Waals surface area contributed by atoms with Crippen molar-refractivity contribution in [2.24, 2.45) is 10.7 Å². The number of guanidine groups is 1. The van der Waals surface area contributed by atoms with Gasteiger partial charge in [0.2, 0.25) is 5.96 Å². The summed E-state index contributed by atoms with van der Waals surface area (Å²) in [6, 6.07) is 40.0. The number of carbonyl (C=O) groups is 4. The molecule has 6 aromatic carbocycles. The fraction of sp³-hybridized carbons (Fsp3) is 0.286. The first-order valence-electron chi connectivity index (χ1n) is 26.7. The lowest BCUT2D eigenvalue weighted by atomic mass is 9.74. The van der Waals surface area contributed by atoms with Gasteiger partial charge in [-0.3, -0.25) is 19.7 Å². The van der Waals surface area contributed by atoms with Gasteiger partial charge in [-0.25, -0.2) is 4.79 Å². The van der Waals surface area contributed by atoms with Gasteiger partial charge in [0.15, 0.2) is 0 Å². The van der Waals surface area contributed by atoms with Crippen molar-refractivity contribution < 1.29 is 38.1 Å². The van der Waals surface area contributed by atoms with Gasteiger partial charge in [0.25, 0.3) is 11.8 Å². The van der Waals surface area contributed by atoms with Gasteiger partial charge in [0.05, 0.1) is 13.2 Å². The van der Waals surface area contributed by atoms with Crippen LogP contribution in [-0.2, 0) is 20.9 Å². The number of benzene rings is 6. The number of esters is 1. The molecule has 0 saturated carbocycles. The predicted molar refractivity (Wildman–Crippen MR) is 282 cm³/mol. The molecule has 8 bridgehead atoms. The number of aliphatic imine (C=N–C) groups is 1. The van der Waals surface area contributed by atoms with E-state index in [2.05, 4.69) is 93.4 Å². The molecule has 8 aliphatic carbocycles. The van der Waals surface area contributed by atoms with Gasteiger partial charge in [-0.1, -0.05) is 103 Å². The number of hydrogen-bond donors (Lipinski definition) is 4. The van der Waals surface area contributed by atoms with E-state index in [1.807, 2.05) is 18.2 Å². The van der Waals surface area contributed by atoms with Crippen LogP contribution in [0.1, 0.15) is 196 Å². The Morgan fingerprint density at radius 3 is 1.49 bits per heavy atom. The normalized spacial score (nSPS) is 23.0. The quantitative estimate of drug-likeness (QED) is 0.0304. The van der Waals surface area contributed by atoms with E-state index < -0.39 is 23.9 Å². The Kier molecular flexibility index (Phi) is 10.2. The number of nitrogens with zero attached hydrogens (tertiary/aromatic N) is 1. The number of ether oxygens (including phenoxy) is 4. The number of hydrogen-bond acceptors (Lipinski definition) is 8. The number of aromatic amines is 1. The summed E-state index contributed by atoms with van der Waals surface area (Å²) in [5.74, 6) is 1.84. The summed E-state index contributed by atoms with van der Waals surface area (Å²) in [7, 11) is 0. The summed E-state index contributed by atoms with van der Waals surface area (Å²) >= 11 is 0. The topological polar surface area (TPSA) is 183 Å². The third-order valence-corrected chi connectivity index (χ3v) is 18.0. The number of fused-ring (bicyclic) bond motifs is 32. The van der Waals surface area contributed by atoms with Crippen molar-refractivity contribution in [1.82, 2.24) is 15.6 Å². The molecule has 7 aromatic rings. The number of carbonyl (C=O) groups excluding carboxylic acids is 4. The number of nitrogens with two attached hydrogens (primary N) is 1. The Hall–Kier alpha value is -8.29. The van der Waals surface area contributed by atoms with Gasteiger partial charge in [-0.2, -0.15) is 0 Å². The van der Waals surface area contributed by atoms with Gasteiger partial charge in [0, 0.05) is 83.1 Å². The maximum atomic E-state index is 13.3. The number of nitrogens with one attached hydrogen (secondary N) is 3. The number of aromatic nitrogens is 1. The molecule has 0 fully saturated rings. The third kappa shape index (κ3) is 6.76. The van der Waals surface area contributed by atoms with Crippen molar-refractivity contribution in [2.45, 2.75) is 86.6 Å². The second kappa shape index (κ2) is 17.1. The highest BCUT2D eigenvalue weighted by Gasteiger charge is 2.55. The largest absolute Gasteiger partial charge is 0.491 e. The van der Waals surface area contributed by atoms with Crippen LogP contribution in [0, 0.1) is 0 Å². The van der Waals surface area contributed by atoms with Crippen LogP contribution in [0.3, 0.4) is 0 Å². The second-order valence-electron chi connectivity index (χ2n) is 21.7. The maximum Gasteiger partial charge on any atom is 0.437 e. The zero-order chi connectivity index (χ0) is 51.1. The molecule has 76 heavy (non-hydrogen) atoms. The van der Waals surface area contributed by atoms with Crippen LogP contribution in [0.15, 0.2) is 120 Å². The highest BCUT2D eigenvalue weighted by Crippen LogP contribution is 2.71. The molecule has 0 radical (unpaired) electrons. The number of rotatable bonds is 12. The number of amides is 3. The molecule has 3 amide bonds. The molecule has 8 aliphatic rings. The molecular weight excluding hydrogens is 955 g/mol. The molecule has 0 saturated heterocycles. The Morgan fingerprint density at radius 2 is 0.987 bits per heavy atom. The lowest BCUT2D eigenvalue weighted by molar-refractivity contribution is -0.132. The van der Waals surface area contributed by atoms with E-state index >= 15 is 0 Å². The molecule has 378 valence electrons. The van der Waals surface area contributed by atoms with Crippen LogP contribution >= 0.6 is 0 Å². The molecule has 8 atom stereocenters. The summed E-state index contributed by atoms with van der Waals surface area (Å²) in [4.78, 5) is 57.8. The Morgan fingerprint density at radius 1 is 0.539 bits per heavy atom. The van der Waals surface area contributed by atoms with Gasteiger partial charge < -0.3 is 35.0 Å². The van der Waals surface area contributed by atoms with E-state index in [0.717, 1.165) is 53.9 Å². The minimum Gasteiger partial charge on any atom is -0.491 e. The third-order valence-electron chi connectivity index (χ3n) is 18.0. The first-order valence-corrected chi connectivity index (χ1v) is 26.7. The van der Waals surface area contributed by atoms with Gasteiger partial charge in [0.1, 0.15) is 36.1 Å². The van der Waals surface area contributed by atoms with Crippen molar-refractivity contribution in [1.29, 1.82) is 0 Å². The van der Waals surface area contributed by atoms with Crippen LogP contribution in [0.5, 0.6) is 11.5 Å². The first-order chi connectivity index (χ1) is 37.2. The minimum atomic E-state index is -0.957. The lowest BCUT2D eigenvalue weighted by Gasteiger charge is -2.33. The van der Waals surface area contributed by atoms with E-state index in [9.17, 15) is 19.2 Å². The van der Waals surface area contributed by atoms with E-state index in [-0.39, 0.29) is 74.0 Å². The Balaban J connectivity index is 0.671. The van der Waals surface area contributed by atoms with Gasteiger partial charge >= 0.3 is 12.1 Å². The van der Waals surface area contributed by atoms with Crippen molar-refractivity contribution in [3.8, 4) is 11.5 Å². The molecule has 13 nitrogen and oxygen atoms in total. The summed E-state index contributed by atoms with van der Waals surface area (Å²) in [5, 5.41) is 5.18. The Bertz CT molecular complexity index is 3570. The fourth-order valence-electron chi connectivity index (χ4n) is 15.2. The van der Waals surface area contributed by atoms with Crippen LogP contribution in [0.2, 0.25) is 0 Å². The smallest absolute Gasteiger partial charge is 0.437 e. The van der Waals surface area contributed by atoms with Crippen molar-refractivity contribution in [2.75, 3.05) is 26.4 Å². The number of H-pyrrole nitrogens is 1. The average molecular weight is 1010 g/mol. The first kappa shape index (κ1) is 45.1. The van der Waals surface area contributed by atoms with E-state index in [0.29, 0.717) is 23.7 Å². The van der Waals surface area contributed by atoms with Crippen molar-refractivity contribution in [3.63, 3.8) is 0 Å². The summed E-state index contributed by atoms with van der Waals surface area (Å²) < 4.78 is 24.9. The molecular formula is C63H53N5O8. The molecule has 0 aliphatic heterocycles. The highest BCUT2D eigenvalue weighted by atomic mass is 16.5. The second-order valence-corrected chi connectivity index (χ2v) is 21.7. The van der Waals surface area contributed by atoms with Crippen molar-refractivity contribution >= 4 is 29.8 Å². The standard InChI is InChI=1S/C63H53N5O8/c1-30(69)76-59-56-50-27-48(44-23-40-36-21-38(42(40)25-46(44)50)34-13-7-5-11-32(34)36)54(56)58(55-49-28-51(57(55)59)47-26-43-39-22-37(41(43)24-45(47)49)33-12-6-8-14-35(33)39)74-20-19-73-18-17-65-60(70)52-15-16-53(66-52)61(71)67-62(64)68-63(72)75-29-31-9-3-2-4-10-31/h2-16,23-26,36-39,48-51,66H,17-22,27-29H2,1H3,(H,65,70)(H3,64,67,68,71,72)/t36-,37+,38+,39-,48-,49+,50+,51-. The monoisotopic (exact) mass is 1010 g/mol. The molecule has 0 unspecified atom stereocenters. The maximum absolute atomic E-state index is 13.3. The van der Waals surface area contributed by atoms with Gasteiger partial charge in [-0.05, 0) is 110 Å². The molecule has 13 heteroatoms. The van der Waals surface area contributed by atoms with Crippen molar-refractivity contribution in [3.05, 3.63) is 221 Å². The van der Waals surface area contributed by atoms with Gasteiger partial charge in [-0.15, -0.1) is 4.99 Å². The molecule has 1 aromatic heterocycles. The molecule has 0 spiro atoms. The van der Waals surface area contributed by atoms with E-state index in [1.54, 1.807) is 12.1 Å². The lowest BCUT2D eigenvalue weighted by Crippen LogP contribution is -2.37. The van der Waals surface area contributed by atoms with Crippen LogP contribution in [-0.4, -0.2) is 61.2 Å². The summed E-state index contributed by atoms with van der Waals surface area (Å²) in [6.45, 7) is 2.53. The van der Waals surface area contributed by atoms with E-state index in [4.69, 9.17) is 24.7 Å². The summed E-state index contributed by atoms with van der Waals surface area (Å²) in [6.07, 6.45) is 3.12. The highest BCUT2D eigenvalue weighted by molar-refractivity contribution is 6.07.